The third-order valence-electron chi connectivity index (χ3n) is 5.98. The van der Waals surface area contributed by atoms with Gasteiger partial charge in [0.1, 0.15) is 5.82 Å². The number of carbonyl (C=O) groups excluding carboxylic acids is 2. The summed E-state index contributed by atoms with van der Waals surface area (Å²) < 4.78 is 5.04. The van der Waals surface area contributed by atoms with Gasteiger partial charge in [0.05, 0.1) is 36.9 Å². The molecule has 0 radical (unpaired) electrons. The maximum Gasteiger partial charge on any atom is 0.256 e. The van der Waals surface area contributed by atoms with E-state index in [4.69, 9.17) is 9.72 Å². The Morgan fingerprint density at radius 3 is 2.79 bits per heavy atom. The first-order chi connectivity index (χ1) is 13.6. The van der Waals surface area contributed by atoms with Crippen molar-refractivity contribution in [2.75, 3.05) is 26.8 Å². The fourth-order valence-corrected chi connectivity index (χ4v) is 4.23. The number of hydrogen-bond donors (Lipinski definition) is 1. The van der Waals surface area contributed by atoms with Gasteiger partial charge in [-0.2, -0.15) is 0 Å². The maximum atomic E-state index is 12.8. The van der Waals surface area contributed by atoms with Gasteiger partial charge in [-0.1, -0.05) is 0 Å². The summed E-state index contributed by atoms with van der Waals surface area (Å²) in [5.74, 6) is 0.933. The SMILES string of the molecule is COCCC(=O)N1CCCC[C@@H]1c1nc2c(c(=O)[nH]1)CN(C(=O)C1CC1)CC2. The zero-order valence-corrected chi connectivity index (χ0v) is 16.4. The van der Waals surface area contributed by atoms with Crippen LogP contribution in [0.15, 0.2) is 4.79 Å². The van der Waals surface area contributed by atoms with Crippen LogP contribution in [-0.4, -0.2) is 58.4 Å². The van der Waals surface area contributed by atoms with Crippen molar-refractivity contribution in [3.8, 4) is 0 Å². The van der Waals surface area contributed by atoms with E-state index in [9.17, 15) is 14.4 Å². The first kappa shape index (κ1) is 19.1. The molecule has 1 aliphatic carbocycles. The molecule has 2 fully saturated rings. The van der Waals surface area contributed by atoms with Crippen molar-refractivity contribution >= 4 is 11.8 Å². The molecule has 28 heavy (non-hydrogen) atoms. The van der Waals surface area contributed by atoms with Gasteiger partial charge in [-0.25, -0.2) is 4.98 Å². The largest absolute Gasteiger partial charge is 0.384 e. The van der Waals surface area contributed by atoms with Crippen LogP contribution in [0.25, 0.3) is 0 Å². The zero-order valence-electron chi connectivity index (χ0n) is 16.4. The quantitative estimate of drug-likeness (QED) is 0.817. The molecule has 8 heteroatoms. The molecule has 1 N–H and O–H groups in total. The van der Waals surface area contributed by atoms with Crippen LogP contribution in [0.5, 0.6) is 0 Å². The molecular formula is C20H28N4O4. The Morgan fingerprint density at radius 1 is 1.21 bits per heavy atom. The Balaban J connectivity index is 1.55. The van der Waals surface area contributed by atoms with E-state index in [1.165, 1.54) is 0 Å². The van der Waals surface area contributed by atoms with Crippen LogP contribution in [0.2, 0.25) is 0 Å². The Bertz CT molecular complexity index is 817. The topological polar surface area (TPSA) is 95.6 Å². The molecule has 0 unspecified atom stereocenters. The van der Waals surface area contributed by atoms with E-state index in [1.807, 2.05) is 4.90 Å². The molecule has 0 bridgehead atoms. The second kappa shape index (κ2) is 8.03. The van der Waals surface area contributed by atoms with Gasteiger partial charge in [0, 0.05) is 32.5 Å². The third-order valence-corrected chi connectivity index (χ3v) is 5.98. The molecular weight excluding hydrogens is 360 g/mol. The summed E-state index contributed by atoms with van der Waals surface area (Å²) in [6, 6.07) is -0.192. The van der Waals surface area contributed by atoms with Crippen LogP contribution >= 0.6 is 0 Å². The lowest BCUT2D eigenvalue weighted by Gasteiger charge is -2.36. The summed E-state index contributed by atoms with van der Waals surface area (Å²) >= 11 is 0. The fraction of sp³-hybridized carbons (Fsp3) is 0.700. The van der Waals surface area contributed by atoms with Crippen molar-refractivity contribution in [2.45, 2.75) is 57.5 Å². The van der Waals surface area contributed by atoms with Crippen molar-refractivity contribution in [3.63, 3.8) is 0 Å². The predicted octanol–water partition coefficient (Wildman–Crippen LogP) is 1.15. The number of methoxy groups -OCH3 is 1. The maximum absolute atomic E-state index is 12.8. The zero-order chi connectivity index (χ0) is 19.7. The minimum Gasteiger partial charge on any atom is -0.384 e. The number of carbonyl (C=O) groups is 2. The van der Waals surface area contributed by atoms with Crippen LogP contribution in [0.3, 0.4) is 0 Å². The molecule has 152 valence electrons. The average molecular weight is 388 g/mol. The standard InChI is InChI=1S/C20H28N4O4/c1-28-11-8-17(25)24-9-3-2-4-16(24)18-21-15-7-10-23(20(27)13-5-6-13)12-14(15)19(26)22-18/h13,16H,2-12H2,1H3,(H,21,22,26)/t16-/m1/s1. The van der Waals surface area contributed by atoms with Gasteiger partial charge in [0.25, 0.3) is 5.56 Å². The van der Waals surface area contributed by atoms with Gasteiger partial charge in [-0.15, -0.1) is 0 Å². The Morgan fingerprint density at radius 2 is 2.04 bits per heavy atom. The lowest BCUT2D eigenvalue weighted by molar-refractivity contribution is -0.136. The average Bonchev–Trinajstić information content (AvgIpc) is 3.56. The number of aromatic nitrogens is 2. The molecule has 0 spiro atoms. The summed E-state index contributed by atoms with van der Waals surface area (Å²) in [5, 5.41) is 0. The van der Waals surface area contributed by atoms with Gasteiger partial charge in [0.2, 0.25) is 11.8 Å². The van der Waals surface area contributed by atoms with E-state index >= 15 is 0 Å². The van der Waals surface area contributed by atoms with Crippen LogP contribution < -0.4 is 5.56 Å². The highest BCUT2D eigenvalue weighted by atomic mass is 16.5. The molecule has 2 aliphatic heterocycles. The number of hydrogen-bond acceptors (Lipinski definition) is 5. The van der Waals surface area contributed by atoms with Gasteiger partial charge in [-0.05, 0) is 32.1 Å². The number of rotatable bonds is 5. The smallest absolute Gasteiger partial charge is 0.256 e. The molecule has 1 saturated heterocycles. The summed E-state index contributed by atoms with van der Waals surface area (Å²) in [4.78, 5) is 49.0. The molecule has 1 atom stereocenters. The first-order valence-corrected chi connectivity index (χ1v) is 10.3. The number of piperidine rings is 1. The molecule has 4 rings (SSSR count). The lowest BCUT2D eigenvalue weighted by atomic mass is 9.99. The monoisotopic (exact) mass is 388 g/mol. The molecule has 1 saturated carbocycles. The van der Waals surface area contributed by atoms with Crippen molar-refractivity contribution in [1.82, 2.24) is 19.8 Å². The second-order valence-electron chi connectivity index (χ2n) is 8.00. The molecule has 1 aromatic heterocycles. The van der Waals surface area contributed by atoms with Crippen molar-refractivity contribution in [3.05, 3.63) is 27.4 Å². The first-order valence-electron chi connectivity index (χ1n) is 10.3. The normalized spacial score (nSPS) is 22.1. The van der Waals surface area contributed by atoms with Gasteiger partial charge >= 0.3 is 0 Å². The number of fused-ring (bicyclic) bond motifs is 1. The molecule has 1 aromatic rings. The van der Waals surface area contributed by atoms with Crippen molar-refractivity contribution in [2.24, 2.45) is 5.92 Å². The van der Waals surface area contributed by atoms with E-state index in [2.05, 4.69) is 4.98 Å². The number of likely N-dealkylation sites (tertiary alicyclic amines) is 1. The van der Waals surface area contributed by atoms with Gasteiger partial charge in [0.15, 0.2) is 0 Å². The molecule has 2 amide bonds. The Labute approximate surface area is 164 Å². The number of amides is 2. The van der Waals surface area contributed by atoms with Gasteiger partial charge < -0.3 is 19.5 Å². The van der Waals surface area contributed by atoms with Crippen LogP contribution in [-0.2, 0) is 27.3 Å². The highest BCUT2D eigenvalue weighted by molar-refractivity contribution is 5.81. The molecule has 3 aliphatic rings. The molecule has 3 heterocycles. The minimum absolute atomic E-state index is 0.0353. The van der Waals surface area contributed by atoms with Crippen molar-refractivity contribution < 1.29 is 14.3 Å². The fourth-order valence-electron chi connectivity index (χ4n) is 4.23. The number of H-pyrrole nitrogens is 1. The van der Waals surface area contributed by atoms with E-state index in [0.29, 0.717) is 50.5 Å². The third kappa shape index (κ3) is 3.83. The molecule has 8 nitrogen and oxygen atoms in total. The van der Waals surface area contributed by atoms with Crippen molar-refractivity contribution in [1.29, 1.82) is 0 Å². The van der Waals surface area contributed by atoms with Crippen LogP contribution in [0, 0.1) is 5.92 Å². The lowest BCUT2D eigenvalue weighted by Crippen LogP contribution is -2.43. The number of nitrogens with zero attached hydrogens (tertiary/aromatic N) is 3. The van der Waals surface area contributed by atoms with E-state index in [0.717, 1.165) is 37.8 Å². The number of aromatic amines is 1. The minimum atomic E-state index is -0.192. The Kier molecular flexibility index (Phi) is 5.48. The highest BCUT2D eigenvalue weighted by Gasteiger charge is 2.36. The summed E-state index contributed by atoms with van der Waals surface area (Å²) in [6.45, 7) is 2.02. The second-order valence-corrected chi connectivity index (χ2v) is 8.00. The number of ether oxygens (including phenoxy) is 1. The summed E-state index contributed by atoms with van der Waals surface area (Å²) in [6.07, 6.45) is 5.61. The van der Waals surface area contributed by atoms with Crippen LogP contribution in [0.4, 0.5) is 0 Å². The van der Waals surface area contributed by atoms with E-state index < -0.39 is 0 Å². The van der Waals surface area contributed by atoms with E-state index in [1.54, 1.807) is 12.0 Å². The summed E-state index contributed by atoms with van der Waals surface area (Å²) in [5.41, 5.74) is 1.19. The predicted molar refractivity (Wildman–Crippen MR) is 102 cm³/mol. The van der Waals surface area contributed by atoms with Gasteiger partial charge in [-0.3, -0.25) is 14.4 Å². The molecule has 0 aromatic carbocycles. The Hall–Kier alpha value is -2.22. The van der Waals surface area contributed by atoms with Crippen LogP contribution in [0.1, 0.15) is 61.6 Å². The van der Waals surface area contributed by atoms with E-state index in [-0.39, 0.29) is 29.3 Å². The summed E-state index contributed by atoms with van der Waals surface area (Å²) in [7, 11) is 1.58. The number of nitrogens with one attached hydrogen (secondary N) is 1. The highest BCUT2D eigenvalue weighted by Crippen LogP contribution is 2.33.